The first-order valence-corrected chi connectivity index (χ1v) is 8.98. The van der Waals surface area contributed by atoms with Gasteiger partial charge in [0.15, 0.2) is 0 Å². The van der Waals surface area contributed by atoms with Gasteiger partial charge in [0.1, 0.15) is 16.9 Å². The van der Waals surface area contributed by atoms with Crippen LogP contribution in [0.15, 0.2) is 11.1 Å². The average Bonchev–Trinajstić information content (AvgIpc) is 2.43. The van der Waals surface area contributed by atoms with Crippen molar-refractivity contribution >= 4 is 27.7 Å². The lowest BCUT2D eigenvalue weighted by molar-refractivity contribution is -0.114. The molecule has 24 heavy (non-hydrogen) atoms. The van der Waals surface area contributed by atoms with Gasteiger partial charge in [-0.1, -0.05) is 25.1 Å². The Morgan fingerprint density at radius 2 is 2.08 bits per heavy atom. The number of nitrogens with zero attached hydrogens (tertiary/aromatic N) is 2. The Morgan fingerprint density at radius 1 is 1.46 bits per heavy atom. The SMILES string of the molecule is CCCc1cc(OS(=O)(=O)C(F)(F)F)nc(SCC(C)=O)c1C#N. The van der Waals surface area contributed by atoms with Crippen molar-refractivity contribution in [1.82, 2.24) is 4.98 Å². The molecule has 0 aromatic carbocycles. The Kier molecular flexibility index (Phi) is 6.62. The van der Waals surface area contributed by atoms with Crippen LogP contribution in [0.5, 0.6) is 5.88 Å². The number of rotatable bonds is 7. The van der Waals surface area contributed by atoms with E-state index in [1.54, 1.807) is 6.92 Å². The number of aryl methyl sites for hydroxylation is 1. The van der Waals surface area contributed by atoms with Crippen molar-refractivity contribution in [3.8, 4) is 11.9 Å². The molecule has 0 saturated carbocycles. The van der Waals surface area contributed by atoms with Crippen LogP contribution in [0.25, 0.3) is 0 Å². The molecule has 0 radical (unpaired) electrons. The smallest absolute Gasteiger partial charge is 0.355 e. The Labute approximate surface area is 141 Å². The number of aromatic nitrogens is 1. The largest absolute Gasteiger partial charge is 0.534 e. The third kappa shape index (κ3) is 5.10. The number of hydrogen-bond donors (Lipinski definition) is 0. The number of carbonyl (C=O) groups is 1. The molecule has 0 fully saturated rings. The molecule has 0 amide bonds. The van der Waals surface area contributed by atoms with E-state index in [1.807, 2.05) is 6.07 Å². The highest BCUT2D eigenvalue weighted by Gasteiger charge is 2.49. The van der Waals surface area contributed by atoms with Gasteiger partial charge >= 0.3 is 15.6 Å². The molecule has 0 bridgehead atoms. The van der Waals surface area contributed by atoms with Crippen LogP contribution < -0.4 is 4.18 Å². The lowest BCUT2D eigenvalue weighted by Crippen LogP contribution is -2.28. The normalized spacial score (nSPS) is 11.8. The molecule has 0 spiro atoms. The fourth-order valence-electron chi connectivity index (χ4n) is 1.61. The first-order chi connectivity index (χ1) is 11.0. The summed E-state index contributed by atoms with van der Waals surface area (Å²) < 4.78 is 63.5. The Bertz CT molecular complexity index is 771. The van der Waals surface area contributed by atoms with Gasteiger partial charge in [0, 0.05) is 6.07 Å². The molecule has 0 atom stereocenters. The van der Waals surface area contributed by atoms with Gasteiger partial charge in [-0.25, -0.2) is 4.98 Å². The van der Waals surface area contributed by atoms with Crippen LogP contribution >= 0.6 is 11.8 Å². The molecule has 1 aromatic rings. The molecule has 1 heterocycles. The molecule has 0 N–H and O–H groups in total. The molecular formula is C13H13F3N2O4S2. The summed E-state index contributed by atoms with van der Waals surface area (Å²) in [6.45, 7) is 3.07. The van der Waals surface area contributed by atoms with E-state index < -0.39 is 21.5 Å². The fourth-order valence-corrected chi connectivity index (χ4v) is 2.83. The van der Waals surface area contributed by atoms with Gasteiger partial charge in [-0.2, -0.15) is 26.9 Å². The maximum absolute atomic E-state index is 12.4. The summed E-state index contributed by atoms with van der Waals surface area (Å²) in [6.07, 6.45) is 0.864. The molecule has 0 saturated heterocycles. The first kappa shape index (κ1) is 20.2. The summed E-state index contributed by atoms with van der Waals surface area (Å²) >= 11 is 0.828. The van der Waals surface area contributed by atoms with Gasteiger partial charge < -0.3 is 4.18 Å². The number of pyridine rings is 1. The van der Waals surface area contributed by atoms with E-state index >= 15 is 0 Å². The quantitative estimate of drug-likeness (QED) is 0.406. The molecular weight excluding hydrogens is 369 g/mol. The van der Waals surface area contributed by atoms with Gasteiger partial charge in [0.05, 0.1) is 11.3 Å². The van der Waals surface area contributed by atoms with E-state index in [0.717, 1.165) is 17.8 Å². The summed E-state index contributed by atoms with van der Waals surface area (Å²) in [5, 5.41) is 9.17. The van der Waals surface area contributed by atoms with Crippen LogP contribution in [-0.4, -0.2) is 30.4 Å². The Balaban J connectivity index is 3.36. The van der Waals surface area contributed by atoms with Crippen LogP contribution in [0.1, 0.15) is 31.4 Å². The van der Waals surface area contributed by atoms with E-state index in [9.17, 15) is 31.6 Å². The molecule has 0 aliphatic heterocycles. The minimum absolute atomic E-state index is 0.0500. The number of nitriles is 1. The average molecular weight is 382 g/mol. The third-order valence-electron chi connectivity index (χ3n) is 2.57. The van der Waals surface area contributed by atoms with Crippen molar-refractivity contribution in [2.24, 2.45) is 0 Å². The number of Topliss-reactive ketones (excluding diaryl/α,β-unsaturated/α-hetero) is 1. The first-order valence-electron chi connectivity index (χ1n) is 6.58. The van der Waals surface area contributed by atoms with Crippen molar-refractivity contribution in [2.45, 2.75) is 37.2 Å². The van der Waals surface area contributed by atoms with E-state index in [4.69, 9.17) is 0 Å². The number of hydrogen-bond acceptors (Lipinski definition) is 7. The van der Waals surface area contributed by atoms with Crippen molar-refractivity contribution in [2.75, 3.05) is 5.75 Å². The standard InChI is InChI=1S/C13H13F3N2O4S2/c1-3-4-9-5-11(22-24(20,21)13(14,15)16)18-12(10(9)6-17)23-7-8(2)19/h5H,3-4,7H2,1-2H3. The number of alkyl halides is 3. The van der Waals surface area contributed by atoms with Crippen LogP contribution in [0.4, 0.5) is 13.2 Å². The zero-order valence-electron chi connectivity index (χ0n) is 12.7. The van der Waals surface area contributed by atoms with Crippen LogP contribution in [-0.2, 0) is 21.3 Å². The molecule has 0 aliphatic carbocycles. The summed E-state index contributed by atoms with van der Waals surface area (Å²) in [7, 11) is -5.87. The topological polar surface area (TPSA) is 97.1 Å². The number of halogens is 3. The van der Waals surface area contributed by atoms with Crippen molar-refractivity contribution in [3.63, 3.8) is 0 Å². The molecule has 11 heteroatoms. The highest BCUT2D eigenvalue weighted by molar-refractivity contribution is 8.00. The molecule has 132 valence electrons. The van der Waals surface area contributed by atoms with Crippen LogP contribution in [0, 0.1) is 11.3 Å². The maximum Gasteiger partial charge on any atom is 0.534 e. The third-order valence-corrected chi connectivity index (χ3v) is 4.64. The number of ketones is 1. The summed E-state index contributed by atoms with van der Waals surface area (Å²) in [5.74, 6) is -1.10. The van der Waals surface area contributed by atoms with Crippen LogP contribution in [0.2, 0.25) is 0 Å². The van der Waals surface area contributed by atoms with Crippen molar-refractivity contribution < 1.29 is 30.6 Å². The van der Waals surface area contributed by atoms with E-state index in [1.165, 1.54) is 6.92 Å². The van der Waals surface area contributed by atoms with Gasteiger partial charge in [-0.15, -0.1) is 0 Å². The maximum atomic E-state index is 12.4. The zero-order valence-corrected chi connectivity index (χ0v) is 14.3. The summed E-state index contributed by atoms with van der Waals surface area (Å²) in [6, 6.07) is 2.86. The Morgan fingerprint density at radius 3 is 2.54 bits per heavy atom. The molecule has 1 aromatic heterocycles. The van der Waals surface area contributed by atoms with Gasteiger partial charge in [-0.05, 0) is 18.9 Å². The highest BCUT2D eigenvalue weighted by atomic mass is 32.2. The number of thioether (sulfide) groups is 1. The predicted octanol–water partition coefficient (Wildman–Crippen LogP) is 2.82. The van der Waals surface area contributed by atoms with Gasteiger partial charge in [0.2, 0.25) is 5.88 Å². The van der Waals surface area contributed by atoms with Crippen LogP contribution in [0.3, 0.4) is 0 Å². The summed E-state index contributed by atoms with van der Waals surface area (Å²) in [5.41, 5.74) is -5.21. The lowest BCUT2D eigenvalue weighted by atomic mass is 10.1. The van der Waals surface area contributed by atoms with Gasteiger partial charge in [0.25, 0.3) is 0 Å². The second kappa shape index (κ2) is 7.85. The van der Waals surface area contributed by atoms with Gasteiger partial charge in [-0.3, -0.25) is 4.79 Å². The Hall–Kier alpha value is -1.80. The van der Waals surface area contributed by atoms with Crippen molar-refractivity contribution in [3.05, 3.63) is 17.2 Å². The second-order valence-electron chi connectivity index (χ2n) is 4.64. The predicted molar refractivity (Wildman–Crippen MR) is 80.0 cm³/mol. The molecule has 0 aliphatic rings. The molecule has 0 unspecified atom stereocenters. The van der Waals surface area contributed by atoms with E-state index in [2.05, 4.69) is 9.17 Å². The monoisotopic (exact) mass is 382 g/mol. The minimum atomic E-state index is -5.87. The van der Waals surface area contributed by atoms with E-state index in [-0.39, 0.29) is 22.1 Å². The second-order valence-corrected chi connectivity index (χ2v) is 7.14. The minimum Gasteiger partial charge on any atom is -0.355 e. The number of carbonyl (C=O) groups excluding carboxylic acids is 1. The fraction of sp³-hybridized carbons (Fsp3) is 0.462. The zero-order chi connectivity index (χ0) is 18.5. The lowest BCUT2D eigenvalue weighted by Gasteiger charge is -2.12. The summed E-state index contributed by atoms with van der Waals surface area (Å²) in [4.78, 5) is 14.7. The van der Waals surface area contributed by atoms with Crippen molar-refractivity contribution in [1.29, 1.82) is 5.26 Å². The molecule has 6 nitrogen and oxygen atoms in total. The molecule has 1 rings (SSSR count). The van der Waals surface area contributed by atoms with E-state index in [0.29, 0.717) is 18.4 Å². The highest BCUT2D eigenvalue weighted by Crippen LogP contribution is 2.31.